The summed E-state index contributed by atoms with van der Waals surface area (Å²) >= 11 is 0. The van der Waals surface area contributed by atoms with E-state index in [2.05, 4.69) is 17.1 Å². The molecule has 0 aliphatic carbocycles. The van der Waals surface area contributed by atoms with Gasteiger partial charge in [-0.05, 0) is 26.4 Å². The summed E-state index contributed by atoms with van der Waals surface area (Å²) in [6.45, 7) is 1.25. The number of hydrogen-bond donors (Lipinski definition) is 1. The van der Waals surface area contributed by atoms with Crippen LogP contribution in [0.15, 0.2) is 10.6 Å². The van der Waals surface area contributed by atoms with Gasteiger partial charge in [0.15, 0.2) is 0 Å². The zero-order valence-corrected chi connectivity index (χ0v) is 9.15. The standard InChI is InChI=1S/C11H18N2O2/c1-13-6-3-2-4-11(13)10-8-9(5-7-14)15-12-10/h8,11,14H,2-7H2,1H3/t11-/m1/s1. The molecule has 1 aliphatic rings. The van der Waals surface area contributed by atoms with Crippen molar-refractivity contribution < 1.29 is 9.63 Å². The fourth-order valence-electron chi connectivity index (χ4n) is 2.16. The van der Waals surface area contributed by atoms with Crippen molar-refractivity contribution in [1.82, 2.24) is 10.1 Å². The number of aromatic nitrogens is 1. The predicted octanol–water partition coefficient (Wildman–Crippen LogP) is 1.37. The predicted molar refractivity (Wildman–Crippen MR) is 56.5 cm³/mol. The Balaban J connectivity index is 2.06. The molecule has 1 saturated heterocycles. The third-order valence-corrected chi connectivity index (χ3v) is 3.05. The van der Waals surface area contributed by atoms with Gasteiger partial charge in [0.05, 0.1) is 12.6 Å². The number of piperidine rings is 1. The van der Waals surface area contributed by atoms with E-state index in [1.165, 1.54) is 12.8 Å². The second-order valence-corrected chi connectivity index (χ2v) is 4.18. The van der Waals surface area contributed by atoms with Gasteiger partial charge in [0.1, 0.15) is 11.5 Å². The molecule has 1 aliphatic heterocycles. The van der Waals surface area contributed by atoms with Crippen molar-refractivity contribution in [3.05, 3.63) is 17.5 Å². The number of hydrogen-bond acceptors (Lipinski definition) is 4. The average molecular weight is 210 g/mol. The molecule has 0 radical (unpaired) electrons. The Morgan fingerprint density at radius 2 is 2.47 bits per heavy atom. The Labute approximate surface area is 89.9 Å². The van der Waals surface area contributed by atoms with Crippen molar-refractivity contribution in [3.8, 4) is 0 Å². The Morgan fingerprint density at radius 3 is 3.20 bits per heavy atom. The molecule has 1 aromatic heterocycles. The Bertz CT molecular complexity index is 311. The van der Waals surface area contributed by atoms with Crippen LogP contribution in [0.4, 0.5) is 0 Å². The van der Waals surface area contributed by atoms with E-state index in [4.69, 9.17) is 9.63 Å². The summed E-state index contributed by atoms with van der Waals surface area (Å²) in [6, 6.07) is 2.37. The SMILES string of the molecule is CN1CCCC[C@@H]1c1cc(CCO)on1. The second-order valence-electron chi connectivity index (χ2n) is 4.18. The van der Waals surface area contributed by atoms with Crippen molar-refractivity contribution in [1.29, 1.82) is 0 Å². The van der Waals surface area contributed by atoms with Gasteiger partial charge in [0.25, 0.3) is 0 Å². The van der Waals surface area contributed by atoms with Crippen molar-refractivity contribution in [2.24, 2.45) is 0 Å². The van der Waals surface area contributed by atoms with Crippen LogP contribution in [0.25, 0.3) is 0 Å². The average Bonchev–Trinajstić information content (AvgIpc) is 2.68. The maximum atomic E-state index is 8.79. The third-order valence-electron chi connectivity index (χ3n) is 3.05. The number of rotatable bonds is 3. The first-order valence-corrected chi connectivity index (χ1v) is 5.58. The van der Waals surface area contributed by atoms with Crippen molar-refractivity contribution in [2.45, 2.75) is 31.7 Å². The molecular formula is C11H18N2O2. The van der Waals surface area contributed by atoms with Crippen molar-refractivity contribution in [3.63, 3.8) is 0 Å². The van der Waals surface area contributed by atoms with Gasteiger partial charge in [-0.1, -0.05) is 11.6 Å². The molecule has 0 spiro atoms. The molecule has 0 bridgehead atoms. The smallest absolute Gasteiger partial charge is 0.139 e. The van der Waals surface area contributed by atoms with E-state index in [0.717, 1.165) is 24.4 Å². The van der Waals surface area contributed by atoms with E-state index in [9.17, 15) is 0 Å². The molecule has 0 unspecified atom stereocenters. The first kappa shape index (κ1) is 10.6. The van der Waals surface area contributed by atoms with Gasteiger partial charge in [-0.25, -0.2) is 0 Å². The van der Waals surface area contributed by atoms with Crippen LogP contribution in [0.2, 0.25) is 0 Å². The highest BCUT2D eigenvalue weighted by Gasteiger charge is 2.23. The van der Waals surface area contributed by atoms with Gasteiger partial charge in [0.2, 0.25) is 0 Å². The summed E-state index contributed by atoms with van der Waals surface area (Å²) < 4.78 is 5.17. The molecule has 0 saturated carbocycles. The molecule has 4 heteroatoms. The Kier molecular flexibility index (Phi) is 3.38. The zero-order valence-electron chi connectivity index (χ0n) is 9.15. The molecule has 0 aromatic carbocycles. The van der Waals surface area contributed by atoms with Gasteiger partial charge in [-0.3, -0.25) is 4.90 Å². The molecule has 84 valence electrons. The molecule has 1 atom stereocenters. The van der Waals surface area contributed by atoms with Gasteiger partial charge >= 0.3 is 0 Å². The molecule has 1 fully saturated rings. The van der Waals surface area contributed by atoms with Crippen LogP contribution in [0, 0.1) is 0 Å². The second kappa shape index (κ2) is 4.77. The number of aliphatic hydroxyl groups excluding tert-OH is 1. The van der Waals surface area contributed by atoms with E-state index in [1.807, 2.05) is 6.07 Å². The highest BCUT2D eigenvalue weighted by molar-refractivity contribution is 5.11. The third kappa shape index (κ3) is 2.38. The first-order valence-electron chi connectivity index (χ1n) is 5.58. The number of aliphatic hydroxyl groups is 1. The Morgan fingerprint density at radius 1 is 1.60 bits per heavy atom. The lowest BCUT2D eigenvalue weighted by Gasteiger charge is -2.30. The van der Waals surface area contributed by atoms with Crippen LogP contribution in [0.1, 0.15) is 36.8 Å². The van der Waals surface area contributed by atoms with Crippen LogP contribution in [0.3, 0.4) is 0 Å². The molecule has 15 heavy (non-hydrogen) atoms. The highest BCUT2D eigenvalue weighted by atomic mass is 16.5. The van der Waals surface area contributed by atoms with Crippen molar-refractivity contribution >= 4 is 0 Å². The molecule has 1 N–H and O–H groups in total. The fraction of sp³-hybridized carbons (Fsp3) is 0.727. The molecule has 2 heterocycles. The monoisotopic (exact) mass is 210 g/mol. The minimum Gasteiger partial charge on any atom is -0.396 e. The largest absolute Gasteiger partial charge is 0.396 e. The summed E-state index contributed by atoms with van der Waals surface area (Å²) in [4.78, 5) is 2.32. The zero-order chi connectivity index (χ0) is 10.7. The molecule has 1 aromatic rings. The van der Waals surface area contributed by atoms with E-state index in [0.29, 0.717) is 12.5 Å². The van der Waals surface area contributed by atoms with Crippen LogP contribution >= 0.6 is 0 Å². The van der Waals surface area contributed by atoms with Crippen LogP contribution < -0.4 is 0 Å². The maximum Gasteiger partial charge on any atom is 0.139 e. The summed E-state index contributed by atoms with van der Waals surface area (Å²) in [5.74, 6) is 0.784. The summed E-state index contributed by atoms with van der Waals surface area (Å²) in [5.41, 5.74) is 1.01. The number of nitrogens with zero attached hydrogens (tertiary/aromatic N) is 2. The normalized spacial score (nSPS) is 23.2. The first-order chi connectivity index (χ1) is 7.31. The molecule has 0 amide bonds. The molecule has 4 nitrogen and oxygen atoms in total. The van der Waals surface area contributed by atoms with Gasteiger partial charge in [-0.15, -0.1) is 0 Å². The summed E-state index contributed by atoms with van der Waals surface area (Å²) in [7, 11) is 2.13. The van der Waals surface area contributed by atoms with E-state index in [-0.39, 0.29) is 6.61 Å². The highest BCUT2D eigenvalue weighted by Crippen LogP contribution is 2.28. The summed E-state index contributed by atoms with van der Waals surface area (Å²) in [6.07, 6.45) is 4.25. The maximum absolute atomic E-state index is 8.79. The quantitative estimate of drug-likeness (QED) is 0.818. The van der Waals surface area contributed by atoms with E-state index >= 15 is 0 Å². The lowest BCUT2D eigenvalue weighted by molar-refractivity contribution is 0.178. The molecule has 2 rings (SSSR count). The van der Waals surface area contributed by atoms with E-state index < -0.39 is 0 Å². The van der Waals surface area contributed by atoms with Crippen molar-refractivity contribution in [2.75, 3.05) is 20.2 Å². The summed E-state index contributed by atoms with van der Waals surface area (Å²) in [5, 5.41) is 12.9. The van der Waals surface area contributed by atoms with Gasteiger partial charge < -0.3 is 9.63 Å². The van der Waals surface area contributed by atoms with Gasteiger partial charge in [0, 0.05) is 12.5 Å². The topological polar surface area (TPSA) is 49.5 Å². The van der Waals surface area contributed by atoms with Crippen LogP contribution in [-0.4, -0.2) is 35.4 Å². The van der Waals surface area contributed by atoms with Crippen LogP contribution in [0.5, 0.6) is 0 Å². The fourth-order valence-corrected chi connectivity index (χ4v) is 2.16. The minimum absolute atomic E-state index is 0.120. The van der Waals surface area contributed by atoms with Crippen LogP contribution in [-0.2, 0) is 6.42 Å². The lowest BCUT2D eigenvalue weighted by atomic mass is 10.00. The Hall–Kier alpha value is -0.870. The lowest BCUT2D eigenvalue weighted by Crippen LogP contribution is -2.29. The van der Waals surface area contributed by atoms with Gasteiger partial charge in [-0.2, -0.15) is 0 Å². The van der Waals surface area contributed by atoms with E-state index in [1.54, 1.807) is 0 Å². The molecular weight excluding hydrogens is 192 g/mol. The minimum atomic E-state index is 0.120. The number of likely N-dealkylation sites (tertiary alicyclic amines) is 1.